The molecule has 0 radical (unpaired) electrons. The molecule has 0 aliphatic heterocycles. The van der Waals surface area contributed by atoms with Crippen molar-refractivity contribution in [1.29, 1.82) is 0 Å². The molecular weight excluding hydrogens is 278 g/mol. The maximum absolute atomic E-state index is 3.87. The maximum Gasteiger partial charge on any atom is 0.0407 e. The standard InChI is InChI=1S/C22H31N/c1-6-9-10-18-23(21(12-7-2)13-8-3)22-15-11-14-19(4)16-17-20(22)5/h6-9,12-15,17H,2,10-11,16,18H2,1,3-5H3/b9-6-,13-8-,19-14-,20-17-,21-12+,22-15+. The van der Waals surface area contributed by atoms with Crippen molar-refractivity contribution in [2.75, 3.05) is 6.54 Å². The minimum Gasteiger partial charge on any atom is -0.341 e. The molecule has 0 unspecified atom stereocenters. The molecule has 0 atom stereocenters. The predicted molar refractivity (Wildman–Crippen MR) is 104 cm³/mol. The molecule has 0 aromatic heterocycles. The lowest BCUT2D eigenvalue weighted by molar-refractivity contribution is 0.451. The normalized spacial score (nSPS) is 23.5. The van der Waals surface area contributed by atoms with Gasteiger partial charge in [0.25, 0.3) is 0 Å². The second-order valence-electron chi connectivity index (χ2n) is 5.80. The maximum atomic E-state index is 3.87. The van der Waals surface area contributed by atoms with Crippen LogP contribution in [-0.4, -0.2) is 11.4 Å². The lowest BCUT2D eigenvalue weighted by Crippen LogP contribution is -2.24. The summed E-state index contributed by atoms with van der Waals surface area (Å²) in [6.45, 7) is 13.4. The van der Waals surface area contributed by atoms with E-state index < -0.39 is 0 Å². The molecule has 0 saturated carbocycles. The Bertz CT molecular complexity index is 565. The van der Waals surface area contributed by atoms with Gasteiger partial charge >= 0.3 is 0 Å². The first-order valence-electron chi connectivity index (χ1n) is 8.51. The van der Waals surface area contributed by atoms with Crippen LogP contribution in [0.1, 0.15) is 47.0 Å². The molecule has 0 N–H and O–H groups in total. The van der Waals surface area contributed by atoms with Crippen molar-refractivity contribution in [2.45, 2.75) is 47.0 Å². The van der Waals surface area contributed by atoms with Crippen LogP contribution in [0.3, 0.4) is 0 Å². The molecule has 0 heterocycles. The molecule has 1 rings (SSSR count). The van der Waals surface area contributed by atoms with E-state index in [1.54, 1.807) is 0 Å². The summed E-state index contributed by atoms with van der Waals surface area (Å²) in [5.74, 6) is 0. The molecule has 0 fully saturated rings. The molecular formula is C22H31N. The highest BCUT2D eigenvalue weighted by molar-refractivity contribution is 5.37. The van der Waals surface area contributed by atoms with Crippen LogP contribution in [0, 0.1) is 0 Å². The Labute approximate surface area is 142 Å². The summed E-state index contributed by atoms with van der Waals surface area (Å²) in [5.41, 5.74) is 5.28. The van der Waals surface area contributed by atoms with E-state index in [2.05, 4.69) is 87.8 Å². The van der Waals surface area contributed by atoms with Crippen LogP contribution in [0.5, 0.6) is 0 Å². The van der Waals surface area contributed by atoms with E-state index in [1.807, 2.05) is 6.08 Å². The third kappa shape index (κ3) is 6.32. The third-order valence-electron chi connectivity index (χ3n) is 3.90. The van der Waals surface area contributed by atoms with Crippen molar-refractivity contribution in [3.63, 3.8) is 0 Å². The van der Waals surface area contributed by atoms with E-state index in [0.29, 0.717) is 0 Å². The van der Waals surface area contributed by atoms with Crippen LogP contribution in [0.2, 0.25) is 0 Å². The van der Waals surface area contributed by atoms with Crippen LogP contribution in [-0.2, 0) is 0 Å². The fraction of sp³-hybridized carbons (Fsp3) is 0.364. The first kappa shape index (κ1) is 19.0. The van der Waals surface area contributed by atoms with Gasteiger partial charge in [-0.05, 0) is 64.7 Å². The highest BCUT2D eigenvalue weighted by atomic mass is 15.1. The Morgan fingerprint density at radius 2 is 1.96 bits per heavy atom. The summed E-state index contributed by atoms with van der Waals surface area (Å²) in [4.78, 5) is 2.40. The van der Waals surface area contributed by atoms with Gasteiger partial charge in [-0.15, -0.1) is 0 Å². The lowest BCUT2D eigenvalue weighted by atomic mass is 10.0. The average Bonchev–Trinajstić information content (AvgIpc) is 2.53. The Balaban J connectivity index is 3.23. The third-order valence-corrected chi connectivity index (χ3v) is 3.90. The molecule has 124 valence electrons. The molecule has 1 aliphatic carbocycles. The summed E-state index contributed by atoms with van der Waals surface area (Å²) >= 11 is 0. The zero-order valence-corrected chi connectivity index (χ0v) is 15.2. The second-order valence-corrected chi connectivity index (χ2v) is 5.80. The van der Waals surface area contributed by atoms with E-state index >= 15 is 0 Å². The molecule has 23 heavy (non-hydrogen) atoms. The highest BCUT2D eigenvalue weighted by Gasteiger charge is 2.14. The average molecular weight is 309 g/mol. The van der Waals surface area contributed by atoms with E-state index in [9.17, 15) is 0 Å². The van der Waals surface area contributed by atoms with Gasteiger partial charge in [-0.3, -0.25) is 0 Å². The zero-order chi connectivity index (χ0) is 17.1. The van der Waals surface area contributed by atoms with Gasteiger partial charge in [0.2, 0.25) is 0 Å². The largest absolute Gasteiger partial charge is 0.341 e. The van der Waals surface area contributed by atoms with E-state index in [0.717, 1.165) is 25.8 Å². The fourth-order valence-corrected chi connectivity index (χ4v) is 2.64. The molecule has 0 spiro atoms. The van der Waals surface area contributed by atoms with E-state index in [1.165, 1.54) is 22.5 Å². The summed E-state index contributed by atoms with van der Waals surface area (Å²) in [5, 5.41) is 0. The van der Waals surface area contributed by atoms with Gasteiger partial charge in [-0.1, -0.05) is 54.7 Å². The van der Waals surface area contributed by atoms with Gasteiger partial charge < -0.3 is 4.90 Å². The fourth-order valence-electron chi connectivity index (χ4n) is 2.64. The predicted octanol–water partition coefficient (Wildman–Crippen LogP) is 6.47. The monoisotopic (exact) mass is 309 g/mol. The highest BCUT2D eigenvalue weighted by Crippen LogP contribution is 2.25. The van der Waals surface area contributed by atoms with E-state index in [-0.39, 0.29) is 0 Å². The summed E-state index contributed by atoms with van der Waals surface area (Å²) in [6, 6.07) is 0. The minimum absolute atomic E-state index is 0.966. The van der Waals surface area contributed by atoms with Gasteiger partial charge in [-0.2, -0.15) is 0 Å². The van der Waals surface area contributed by atoms with Gasteiger partial charge in [0, 0.05) is 17.9 Å². The smallest absolute Gasteiger partial charge is 0.0407 e. The number of nitrogens with zero attached hydrogens (tertiary/aromatic N) is 1. The molecule has 0 bridgehead atoms. The molecule has 0 aromatic rings. The Hall–Kier alpha value is -2.02. The first-order valence-corrected chi connectivity index (χ1v) is 8.51. The Kier molecular flexibility index (Phi) is 8.82. The number of rotatable bonds is 7. The van der Waals surface area contributed by atoms with Crippen molar-refractivity contribution in [3.05, 3.63) is 83.8 Å². The van der Waals surface area contributed by atoms with Crippen molar-refractivity contribution in [1.82, 2.24) is 4.90 Å². The lowest BCUT2D eigenvalue weighted by Gasteiger charge is -2.30. The van der Waals surface area contributed by atoms with Crippen LogP contribution in [0.15, 0.2) is 83.8 Å². The molecule has 0 aromatic carbocycles. The second kappa shape index (κ2) is 10.7. The minimum atomic E-state index is 0.966. The topological polar surface area (TPSA) is 3.24 Å². The molecule has 1 aliphatic rings. The van der Waals surface area contributed by atoms with Gasteiger partial charge in [-0.25, -0.2) is 0 Å². The molecule has 0 amide bonds. The quantitative estimate of drug-likeness (QED) is 0.385. The molecule has 1 nitrogen and oxygen atoms in total. The summed E-state index contributed by atoms with van der Waals surface area (Å²) < 4.78 is 0. The van der Waals surface area contributed by atoms with Crippen molar-refractivity contribution in [3.8, 4) is 0 Å². The van der Waals surface area contributed by atoms with Crippen molar-refractivity contribution >= 4 is 0 Å². The molecule has 1 heteroatoms. The zero-order valence-electron chi connectivity index (χ0n) is 15.2. The summed E-state index contributed by atoms with van der Waals surface area (Å²) in [7, 11) is 0. The van der Waals surface area contributed by atoms with Crippen LogP contribution in [0.4, 0.5) is 0 Å². The van der Waals surface area contributed by atoms with E-state index in [4.69, 9.17) is 0 Å². The van der Waals surface area contributed by atoms with Gasteiger partial charge in [0.15, 0.2) is 0 Å². The van der Waals surface area contributed by atoms with Gasteiger partial charge in [0.1, 0.15) is 0 Å². The van der Waals surface area contributed by atoms with Crippen molar-refractivity contribution < 1.29 is 0 Å². The SMILES string of the molecule is C=C/C=C(\C=C/C)N(CC/C=C\C)C1=C/C/C=C(/C)C/C=C\1C. The summed E-state index contributed by atoms with van der Waals surface area (Å²) in [6.07, 6.45) is 22.6. The first-order chi connectivity index (χ1) is 11.1. The number of hydrogen-bond acceptors (Lipinski definition) is 1. The van der Waals surface area contributed by atoms with Crippen LogP contribution < -0.4 is 0 Å². The van der Waals surface area contributed by atoms with Gasteiger partial charge in [0.05, 0.1) is 0 Å². The Morgan fingerprint density at radius 3 is 2.61 bits per heavy atom. The number of hydrogen-bond donors (Lipinski definition) is 0. The van der Waals surface area contributed by atoms with Crippen LogP contribution >= 0.6 is 0 Å². The number of allylic oxidation sites excluding steroid dienone is 10. The Morgan fingerprint density at radius 1 is 1.17 bits per heavy atom. The molecule has 0 saturated heterocycles. The van der Waals surface area contributed by atoms with Crippen molar-refractivity contribution in [2.24, 2.45) is 0 Å². The van der Waals surface area contributed by atoms with Crippen LogP contribution in [0.25, 0.3) is 0 Å².